The van der Waals surface area contributed by atoms with Crippen molar-refractivity contribution in [3.05, 3.63) is 46.7 Å². The fourth-order valence-electron chi connectivity index (χ4n) is 2.51. The van der Waals surface area contributed by atoms with Crippen LogP contribution < -0.4 is 10.6 Å². The second-order valence-corrected chi connectivity index (χ2v) is 6.16. The first kappa shape index (κ1) is 16.7. The lowest BCUT2D eigenvalue weighted by Crippen LogP contribution is -2.31. The smallest absolute Gasteiger partial charge is 0.254 e. The number of hydrogen-bond acceptors (Lipinski definition) is 5. The second kappa shape index (κ2) is 7.59. The van der Waals surface area contributed by atoms with Crippen molar-refractivity contribution in [3.8, 4) is 0 Å². The summed E-state index contributed by atoms with van der Waals surface area (Å²) in [5.41, 5.74) is 2.28. The summed E-state index contributed by atoms with van der Waals surface area (Å²) >= 11 is 5.94. The zero-order valence-corrected chi connectivity index (χ0v) is 14.1. The van der Waals surface area contributed by atoms with E-state index in [1.54, 1.807) is 6.07 Å². The van der Waals surface area contributed by atoms with Crippen molar-refractivity contribution >= 4 is 29.1 Å². The number of hydrogen-bond donors (Lipinski definition) is 2. The fraction of sp³-hybridized carbons (Fsp3) is 0.353. The van der Waals surface area contributed by atoms with Crippen LogP contribution in [0.25, 0.3) is 0 Å². The summed E-state index contributed by atoms with van der Waals surface area (Å²) in [4.78, 5) is 20.5. The van der Waals surface area contributed by atoms with Crippen LogP contribution in [0.4, 0.5) is 11.6 Å². The maximum Gasteiger partial charge on any atom is 0.254 e. The Morgan fingerprint density at radius 2 is 2.17 bits per heavy atom. The lowest BCUT2D eigenvalue weighted by molar-refractivity contribution is 0.0857. The van der Waals surface area contributed by atoms with Gasteiger partial charge in [-0.05, 0) is 43.5 Å². The van der Waals surface area contributed by atoms with E-state index in [-0.39, 0.29) is 12.0 Å². The second-order valence-electron chi connectivity index (χ2n) is 5.72. The van der Waals surface area contributed by atoms with E-state index in [9.17, 15) is 4.79 Å². The first-order valence-electron chi connectivity index (χ1n) is 7.87. The number of nitrogens with one attached hydrogen (secondary N) is 2. The van der Waals surface area contributed by atoms with Gasteiger partial charge in [0, 0.05) is 36.3 Å². The highest BCUT2D eigenvalue weighted by atomic mass is 35.5. The average Bonchev–Trinajstić information content (AvgIpc) is 3.09. The number of amides is 1. The molecule has 1 unspecified atom stereocenters. The molecule has 2 aromatic rings. The van der Waals surface area contributed by atoms with Gasteiger partial charge in [0.15, 0.2) is 0 Å². The maximum absolute atomic E-state index is 12.1. The van der Waals surface area contributed by atoms with Crippen molar-refractivity contribution in [1.82, 2.24) is 15.3 Å². The standard InChI is InChI=1S/C17H19ClN4O2/c1-11-7-13(18)4-5-15(11)22-17-20-8-12(9-21-17)16(23)19-10-14-3-2-6-24-14/h4-5,7-9,14H,2-3,6,10H2,1H3,(H,19,23)(H,20,21,22). The predicted molar refractivity (Wildman–Crippen MR) is 92.8 cm³/mol. The van der Waals surface area contributed by atoms with E-state index in [1.807, 2.05) is 19.1 Å². The van der Waals surface area contributed by atoms with Gasteiger partial charge >= 0.3 is 0 Å². The summed E-state index contributed by atoms with van der Waals surface area (Å²) in [6, 6.07) is 5.52. The van der Waals surface area contributed by atoms with Crippen LogP contribution in [0.3, 0.4) is 0 Å². The van der Waals surface area contributed by atoms with Crippen molar-refractivity contribution in [2.24, 2.45) is 0 Å². The zero-order chi connectivity index (χ0) is 16.9. The van der Waals surface area contributed by atoms with E-state index in [1.165, 1.54) is 12.4 Å². The molecule has 24 heavy (non-hydrogen) atoms. The van der Waals surface area contributed by atoms with E-state index in [4.69, 9.17) is 16.3 Å². The third-order valence-corrected chi connectivity index (χ3v) is 4.10. The quantitative estimate of drug-likeness (QED) is 0.870. The van der Waals surface area contributed by atoms with Gasteiger partial charge in [0.2, 0.25) is 5.95 Å². The van der Waals surface area contributed by atoms with Gasteiger partial charge in [0.1, 0.15) is 0 Å². The molecule has 1 aromatic heterocycles. The Kier molecular flexibility index (Phi) is 5.27. The largest absolute Gasteiger partial charge is 0.376 e. The molecule has 7 heteroatoms. The Labute approximate surface area is 145 Å². The molecule has 1 atom stereocenters. The normalized spacial score (nSPS) is 16.8. The predicted octanol–water partition coefficient (Wildman–Crippen LogP) is 3.09. The lowest BCUT2D eigenvalue weighted by atomic mass is 10.2. The Balaban J connectivity index is 1.59. The van der Waals surface area contributed by atoms with Gasteiger partial charge in [-0.25, -0.2) is 9.97 Å². The van der Waals surface area contributed by atoms with Crippen LogP contribution in [0.5, 0.6) is 0 Å². The number of anilines is 2. The van der Waals surface area contributed by atoms with Crippen LogP contribution in [0, 0.1) is 6.92 Å². The van der Waals surface area contributed by atoms with Gasteiger partial charge < -0.3 is 15.4 Å². The van der Waals surface area contributed by atoms with Crippen molar-refractivity contribution in [2.45, 2.75) is 25.9 Å². The molecule has 2 N–H and O–H groups in total. The topological polar surface area (TPSA) is 76.1 Å². The van der Waals surface area contributed by atoms with Crippen molar-refractivity contribution in [3.63, 3.8) is 0 Å². The summed E-state index contributed by atoms with van der Waals surface area (Å²) in [5, 5.41) is 6.63. The van der Waals surface area contributed by atoms with Crippen molar-refractivity contribution in [2.75, 3.05) is 18.5 Å². The van der Waals surface area contributed by atoms with Gasteiger partial charge in [-0.2, -0.15) is 0 Å². The Morgan fingerprint density at radius 3 is 2.83 bits per heavy atom. The number of benzene rings is 1. The number of nitrogens with zero attached hydrogens (tertiary/aromatic N) is 2. The minimum Gasteiger partial charge on any atom is -0.376 e. The number of rotatable bonds is 5. The van der Waals surface area contributed by atoms with Crippen molar-refractivity contribution in [1.29, 1.82) is 0 Å². The summed E-state index contributed by atoms with van der Waals surface area (Å²) in [7, 11) is 0. The van der Waals surface area contributed by atoms with Crippen LogP contribution in [0.1, 0.15) is 28.8 Å². The monoisotopic (exact) mass is 346 g/mol. The fourth-order valence-corrected chi connectivity index (χ4v) is 2.74. The first-order chi connectivity index (χ1) is 11.6. The highest BCUT2D eigenvalue weighted by molar-refractivity contribution is 6.30. The van der Waals surface area contributed by atoms with E-state index < -0.39 is 0 Å². The molecule has 1 amide bonds. The van der Waals surface area contributed by atoms with Crippen LogP contribution >= 0.6 is 11.6 Å². The lowest BCUT2D eigenvalue weighted by Gasteiger charge is -2.11. The van der Waals surface area contributed by atoms with Gasteiger partial charge in [-0.1, -0.05) is 11.6 Å². The molecular formula is C17H19ClN4O2. The van der Waals surface area contributed by atoms with Gasteiger partial charge in [0.05, 0.1) is 11.7 Å². The SMILES string of the molecule is Cc1cc(Cl)ccc1Nc1ncc(C(=O)NCC2CCCO2)cn1. The summed E-state index contributed by atoms with van der Waals surface area (Å²) in [6.45, 7) is 3.23. The van der Waals surface area contributed by atoms with Crippen LogP contribution in [-0.2, 0) is 4.74 Å². The van der Waals surface area contributed by atoms with Crippen LogP contribution in [0.2, 0.25) is 5.02 Å². The van der Waals surface area contributed by atoms with E-state index in [2.05, 4.69) is 20.6 Å². The van der Waals surface area contributed by atoms with E-state index in [0.717, 1.165) is 30.7 Å². The van der Waals surface area contributed by atoms with E-state index >= 15 is 0 Å². The van der Waals surface area contributed by atoms with Gasteiger partial charge in [0.25, 0.3) is 5.91 Å². The summed E-state index contributed by atoms with van der Waals surface area (Å²) in [6.07, 6.45) is 5.16. The molecule has 1 saturated heterocycles. The molecule has 0 spiro atoms. The molecule has 126 valence electrons. The minimum absolute atomic E-state index is 0.115. The number of aromatic nitrogens is 2. The third-order valence-electron chi connectivity index (χ3n) is 3.86. The van der Waals surface area contributed by atoms with Gasteiger partial charge in [-0.15, -0.1) is 0 Å². The maximum atomic E-state index is 12.1. The first-order valence-corrected chi connectivity index (χ1v) is 8.24. The Hall–Kier alpha value is -2.18. The number of halogens is 1. The average molecular weight is 347 g/mol. The van der Waals surface area contributed by atoms with Crippen LogP contribution in [-0.4, -0.2) is 35.1 Å². The van der Waals surface area contributed by atoms with Gasteiger partial charge in [-0.3, -0.25) is 4.79 Å². The molecule has 1 fully saturated rings. The number of carbonyl (C=O) groups is 1. The summed E-state index contributed by atoms with van der Waals surface area (Å²) in [5.74, 6) is 0.232. The number of ether oxygens (including phenoxy) is 1. The van der Waals surface area contributed by atoms with E-state index in [0.29, 0.717) is 23.1 Å². The molecule has 1 aliphatic rings. The summed E-state index contributed by atoms with van der Waals surface area (Å²) < 4.78 is 5.48. The molecule has 1 aliphatic heterocycles. The molecule has 1 aromatic carbocycles. The Bertz CT molecular complexity index is 715. The minimum atomic E-state index is -0.195. The molecular weight excluding hydrogens is 328 g/mol. The Morgan fingerprint density at radius 1 is 1.38 bits per heavy atom. The molecule has 3 rings (SSSR count). The number of aryl methyl sites for hydroxylation is 1. The molecule has 0 aliphatic carbocycles. The van der Waals surface area contributed by atoms with Crippen LogP contribution in [0.15, 0.2) is 30.6 Å². The third kappa shape index (κ3) is 4.21. The molecule has 0 bridgehead atoms. The molecule has 0 saturated carbocycles. The molecule has 2 heterocycles. The molecule has 6 nitrogen and oxygen atoms in total. The highest BCUT2D eigenvalue weighted by Gasteiger charge is 2.17. The number of carbonyl (C=O) groups excluding carboxylic acids is 1. The zero-order valence-electron chi connectivity index (χ0n) is 13.4. The van der Waals surface area contributed by atoms with Crippen molar-refractivity contribution < 1.29 is 9.53 Å². The molecule has 0 radical (unpaired) electrons. The highest BCUT2D eigenvalue weighted by Crippen LogP contribution is 2.21.